The first kappa shape index (κ1) is 10.3. The smallest absolute Gasteiger partial charge is 0.113 e. The molecule has 15 heavy (non-hydrogen) atoms. The maximum absolute atomic E-state index is 4.34. The molecule has 0 saturated carbocycles. The molecule has 0 aliphatic carbocycles. The van der Waals surface area contributed by atoms with Gasteiger partial charge in [0.05, 0.1) is 18.6 Å². The van der Waals surface area contributed by atoms with E-state index in [-0.39, 0.29) is 0 Å². The first-order valence-electron chi connectivity index (χ1n) is 4.84. The van der Waals surface area contributed by atoms with Gasteiger partial charge in [0, 0.05) is 23.8 Å². The van der Waals surface area contributed by atoms with Crippen LogP contribution in [0.4, 0.5) is 0 Å². The van der Waals surface area contributed by atoms with Crippen molar-refractivity contribution in [1.82, 2.24) is 19.9 Å². The Bertz CT molecular complexity index is 432. The van der Waals surface area contributed by atoms with Crippen LogP contribution in [0.1, 0.15) is 15.6 Å². The van der Waals surface area contributed by atoms with Crippen LogP contribution < -0.4 is 5.32 Å². The second kappa shape index (κ2) is 4.55. The van der Waals surface area contributed by atoms with Gasteiger partial charge in [-0.1, -0.05) is 0 Å². The van der Waals surface area contributed by atoms with Crippen molar-refractivity contribution in [3.63, 3.8) is 0 Å². The lowest BCUT2D eigenvalue weighted by molar-refractivity contribution is 0.690. The van der Waals surface area contributed by atoms with Crippen LogP contribution in [0.5, 0.6) is 0 Å². The predicted molar refractivity (Wildman–Crippen MR) is 60.9 cm³/mol. The Labute approximate surface area is 93.0 Å². The van der Waals surface area contributed by atoms with E-state index in [1.165, 1.54) is 10.6 Å². The number of thiazole rings is 1. The van der Waals surface area contributed by atoms with Crippen molar-refractivity contribution in [2.24, 2.45) is 0 Å². The Morgan fingerprint density at radius 3 is 3.00 bits per heavy atom. The Balaban J connectivity index is 2.13. The molecular formula is C10H14N4S. The molecule has 0 aliphatic rings. The van der Waals surface area contributed by atoms with Gasteiger partial charge in [-0.15, -0.1) is 11.3 Å². The second-order valence-corrected chi connectivity index (χ2v) is 4.73. The number of rotatable bonds is 4. The zero-order valence-corrected chi connectivity index (χ0v) is 9.71. The van der Waals surface area contributed by atoms with Crippen LogP contribution in [-0.4, -0.2) is 21.6 Å². The average molecular weight is 222 g/mol. The zero-order valence-electron chi connectivity index (χ0n) is 8.90. The minimum atomic E-state index is 0.815. The highest BCUT2D eigenvalue weighted by molar-refractivity contribution is 7.11. The van der Waals surface area contributed by atoms with Gasteiger partial charge >= 0.3 is 0 Å². The highest BCUT2D eigenvalue weighted by Gasteiger charge is 2.04. The molecule has 0 bridgehead atoms. The van der Waals surface area contributed by atoms with Crippen LogP contribution in [0, 0.1) is 6.92 Å². The summed E-state index contributed by atoms with van der Waals surface area (Å²) in [5.41, 5.74) is 1.19. The molecule has 0 atom stereocenters. The minimum Gasteiger partial charge on any atom is -0.326 e. The van der Waals surface area contributed by atoms with Crippen LogP contribution in [0.3, 0.4) is 0 Å². The lowest BCUT2D eigenvalue weighted by atomic mass is 10.4. The van der Waals surface area contributed by atoms with Gasteiger partial charge in [-0.3, -0.25) is 0 Å². The van der Waals surface area contributed by atoms with Crippen LogP contribution >= 0.6 is 11.3 Å². The maximum atomic E-state index is 4.34. The normalized spacial score (nSPS) is 10.8. The van der Waals surface area contributed by atoms with E-state index in [0.29, 0.717) is 0 Å². The number of aromatic nitrogens is 3. The van der Waals surface area contributed by atoms with Crippen molar-refractivity contribution in [2.75, 3.05) is 7.05 Å². The lowest BCUT2D eigenvalue weighted by Gasteiger charge is -2.04. The van der Waals surface area contributed by atoms with Crippen molar-refractivity contribution in [2.45, 2.75) is 20.0 Å². The zero-order chi connectivity index (χ0) is 10.7. The molecule has 0 spiro atoms. The van der Waals surface area contributed by atoms with Gasteiger partial charge in [0.25, 0.3) is 0 Å². The minimum absolute atomic E-state index is 0.815. The van der Waals surface area contributed by atoms with Gasteiger partial charge in [0.15, 0.2) is 0 Å². The number of hydrogen-bond donors (Lipinski definition) is 1. The molecule has 1 N–H and O–H groups in total. The second-order valence-electron chi connectivity index (χ2n) is 3.41. The number of imidazole rings is 1. The Kier molecular flexibility index (Phi) is 3.13. The summed E-state index contributed by atoms with van der Waals surface area (Å²) in [6.45, 7) is 3.73. The molecule has 2 heterocycles. The standard InChI is InChI=1S/C10H14N4S/c1-8-3-13-10(15-8)6-14-7-12-5-9(14)4-11-2/h3,5,7,11H,4,6H2,1-2H3. The van der Waals surface area contributed by atoms with Crippen molar-refractivity contribution in [3.05, 3.63) is 34.3 Å². The molecule has 2 aromatic rings. The summed E-state index contributed by atoms with van der Waals surface area (Å²) in [5.74, 6) is 0. The first-order chi connectivity index (χ1) is 7.29. The fraction of sp³-hybridized carbons (Fsp3) is 0.400. The van der Waals surface area contributed by atoms with E-state index < -0.39 is 0 Å². The summed E-state index contributed by atoms with van der Waals surface area (Å²) in [7, 11) is 1.94. The van der Waals surface area contributed by atoms with E-state index in [1.54, 1.807) is 11.3 Å². The molecule has 0 fully saturated rings. The van der Waals surface area contributed by atoms with Gasteiger partial charge in [-0.25, -0.2) is 9.97 Å². The third-order valence-electron chi connectivity index (χ3n) is 2.13. The van der Waals surface area contributed by atoms with E-state index in [4.69, 9.17) is 0 Å². The van der Waals surface area contributed by atoms with Crippen molar-refractivity contribution < 1.29 is 0 Å². The highest BCUT2D eigenvalue weighted by Crippen LogP contribution is 2.13. The number of hydrogen-bond acceptors (Lipinski definition) is 4. The summed E-state index contributed by atoms with van der Waals surface area (Å²) < 4.78 is 2.12. The monoisotopic (exact) mass is 222 g/mol. The number of nitrogens with zero attached hydrogens (tertiary/aromatic N) is 3. The molecule has 0 unspecified atom stereocenters. The summed E-state index contributed by atoms with van der Waals surface area (Å²) >= 11 is 1.73. The molecule has 0 amide bonds. The topological polar surface area (TPSA) is 42.7 Å². The maximum Gasteiger partial charge on any atom is 0.113 e. The third-order valence-corrected chi connectivity index (χ3v) is 3.03. The molecule has 0 saturated heterocycles. The van der Waals surface area contributed by atoms with E-state index in [0.717, 1.165) is 18.1 Å². The third kappa shape index (κ3) is 2.43. The quantitative estimate of drug-likeness (QED) is 0.850. The van der Waals surface area contributed by atoms with Crippen LogP contribution in [0.25, 0.3) is 0 Å². The highest BCUT2D eigenvalue weighted by atomic mass is 32.1. The molecule has 0 aliphatic heterocycles. The van der Waals surface area contributed by atoms with Crippen LogP contribution in [0.15, 0.2) is 18.7 Å². The van der Waals surface area contributed by atoms with Crippen molar-refractivity contribution >= 4 is 11.3 Å². The Morgan fingerprint density at radius 2 is 2.33 bits per heavy atom. The number of nitrogens with one attached hydrogen (secondary N) is 1. The summed E-state index contributed by atoms with van der Waals surface area (Å²) in [6.07, 6.45) is 5.65. The molecule has 2 aromatic heterocycles. The van der Waals surface area contributed by atoms with Crippen LogP contribution in [-0.2, 0) is 13.1 Å². The first-order valence-corrected chi connectivity index (χ1v) is 5.66. The van der Waals surface area contributed by atoms with Gasteiger partial charge in [-0.2, -0.15) is 0 Å². The van der Waals surface area contributed by atoms with Crippen molar-refractivity contribution in [3.8, 4) is 0 Å². The Hall–Kier alpha value is -1.20. The van der Waals surface area contributed by atoms with E-state index >= 15 is 0 Å². The lowest BCUT2D eigenvalue weighted by Crippen LogP contribution is -2.11. The van der Waals surface area contributed by atoms with E-state index in [2.05, 4.69) is 26.8 Å². The van der Waals surface area contributed by atoms with Crippen molar-refractivity contribution in [1.29, 1.82) is 0 Å². The molecular weight excluding hydrogens is 208 g/mol. The molecule has 0 radical (unpaired) electrons. The molecule has 80 valence electrons. The van der Waals surface area contributed by atoms with Gasteiger partial charge < -0.3 is 9.88 Å². The SMILES string of the molecule is CNCc1cncn1Cc1ncc(C)s1. The fourth-order valence-corrected chi connectivity index (χ4v) is 2.23. The molecule has 5 heteroatoms. The summed E-state index contributed by atoms with van der Waals surface area (Å²) in [4.78, 5) is 9.74. The molecule has 4 nitrogen and oxygen atoms in total. The largest absolute Gasteiger partial charge is 0.326 e. The van der Waals surface area contributed by atoms with E-state index in [9.17, 15) is 0 Å². The van der Waals surface area contributed by atoms with Gasteiger partial charge in [0.2, 0.25) is 0 Å². The summed E-state index contributed by atoms with van der Waals surface area (Å²) in [6, 6.07) is 0. The average Bonchev–Trinajstić information content (AvgIpc) is 2.78. The van der Waals surface area contributed by atoms with Crippen LogP contribution in [0.2, 0.25) is 0 Å². The number of aryl methyl sites for hydroxylation is 1. The predicted octanol–water partition coefficient (Wildman–Crippen LogP) is 1.42. The summed E-state index contributed by atoms with van der Waals surface area (Å²) in [5, 5.41) is 4.25. The van der Waals surface area contributed by atoms with E-state index in [1.807, 2.05) is 25.8 Å². The van der Waals surface area contributed by atoms with Gasteiger partial charge in [0.1, 0.15) is 5.01 Å². The Morgan fingerprint density at radius 1 is 1.47 bits per heavy atom. The molecule has 2 rings (SSSR count). The van der Waals surface area contributed by atoms with Gasteiger partial charge in [-0.05, 0) is 14.0 Å². The fourth-order valence-electron chi connectivity index (χ4n) is 1.44. The molecule has 0 aromatic carbocycles.